The summed E-state index contributed by atoms with van der Waals surface area (Å²) in [4.78, 5) is 22.1. The zero-order valence-electron chi connectivity index (χ0n) is 8.25. The number of carbonyl (C=O) groups excluding carboxylic acids is 2. The third-order valence-electron chi connectivity index (χ3n) is 0.971. The van der Waals surface area contributed by atoms with E-state index in [1.165, 1.54) is 23.8 Å². The van der Waals surface area contributed by atoms with Crippen LogP contribution in [0.5, 0.6) is 0 Å². The third-order valence-corrected chi connectivity index (χ3v) is 2.34. The van der Waals surface area contributed by atoms with Gasteiger partial charge in [-0.25, -0.2) is 0 Å². The van der Waals surface area contributed by atoms with Crippen molar-refractivity contribution in [3.8, 4) is 0 Å². The first-order valence-corrected chi connectivity index (χ1v) is 5.16. The van der Waals surface area contributed by atoms with Gasteiger partial charge in [-0.2, -0.15) is 0 Å². The summed E-state index contributed by atoms with van der Waals surface area (Å²) < 4.78 is 0. The van der Waals surface area contributed by atoms with Gasteiger partial charge in [0.05, 0.1) is 11.9 Å². The Morgan fingerprint density at radius 2 is 1.13 bits per heavy atom. The summed E-state index contributed by atoms with van der Waals surface area (Å²) >= 11 is 5.66. The van der Waals surface area contributed by atoms with E-state index in [0.29, 0.717) is 0 Å². The molecule has 0 bridgehead atoms. The molecule has 0 aromatic rings. The van der Waals surface area contributed by atoms with Gasteiger partial charge in [-0.15, -0.1) is 0 Å². The van der Waals surface area contributed by atoms with E-state index in [2.05, 4.69) is 31.9 Å². The van der Waals surface area contributed by atoms with Crippen molar-refractivity contribution >= 4 is 43.8 Å². The van der Waals surface area contributed by atoms with Crippen LogP contribution in [0.4, 0.5) is 0 Å². The van der Waals surface area contributed by atoms with Crippen LogP contribution in [-0.4, -0.2) is 11.9 Å². The van der Waals surface area contributed by atoms with Crippen molar-refractivity contribution in [2.75, 3.05) is 0 Å². The van der Waals surface area contributed by atoms with Crippen molar-refractivity contribution in [3.05, 3.63) is 21.1 Å². The van der Waals surface area contributed by atoms with Gasteiger partial charge in [0.25, 0.3) is 0 Å². The molecule has 0 rings (SSSR count). The maximum atomic E-state index is 9.72. The second-order valence-electron chi connectivity index (χ2n) is 2.16. The molecular formula is C8H8Br2HgO4. The number of carboxylic acids is 2. The van der Waals surface area contributed by atoms with E-state index in [-0.39, 0.29) is 38.8 Å². The van der Waals surface area contributed by atoms with E-state index in [0.717, 1.165) is 0 Å². The minimum absolute atomic E-state index is 0. The van der Waals surface area contributed by atoms with Crippen LogP contribution >= 0.6 is 31.9 Å². The Kier molecular flexibility index (Phi) is 17.1. The number of rotatable bonds is 2. The molecule has 0 aromatic heterocycles. The van der Waals surface area contributed by atoms with Gasteiger partial charge in [-0.05, 0) is 35.0 Å². The number of aliphatic carboxylic acids is 2. The van der Waals surface area contributed by atoms with E-state index in [1.807, 2.05) is 0 Å². The maximum Gasteiger partial charge on any atom is 2.00 e. The molecule has 0 aromatic carbocycles. The predicted molar refractivity (Wildman–Crippen MR) is 55.4 cm³/mol. The molecule has 0 unspecified atom stereocenters. The summed E-state index contributed by atoms with van der Waals surface area (Å²) in [5.41, 5.74) is 0.389. The van der Waals surface area contributed by atoms with Crippen LogP contribution in [0.2, 0.25) is 0 Å². The van der Waals surface area contributed by atoms with Crippen LogP contribution in [0, 0.1) is 0 Å². The first kappa shape index (κ1) is 20.7. The number of halogens is 2. The van der Waals surface area contributed by atoms with Crippen molar-refractivity contribution < 1.29 is 47.5 Å². The molecule has 80 valence electrons. The van der Waals surface area contributed by atoms with Gasteiger partial charge in [-0.3, -0.25) is 0 Å². The summed E-state index contributed by atoms with van der Waals surface area (Å²) in [6.45, 7) is 2.90. The normalized spacial score (nSPS) is 10.7. The Labute approximate surface area is 125 Å². The molecule has 0 atom stereocenters. The van der Waals surface area contributed by atoms with Gasteiger partial charge < -0.3 is 19.8 Å². The Bertz CT molecular complexity index is 246. The van der Waals surface area contributed by atoms with Gasteiger partial charge in [0.15, 0.2) is 0 Å². The first-order valence-electron chi connectivity index (χ1n) is 3.33. The SMILES string of the molecule is C/C(=C\Br)C(=O)[O-].C/C(=C\Br)C(=O)[O-].[Hg+2]. The summed E-state index contributed by atoms with van der Waals surface area (Å²) in [6.07, 6.45) is 0. The Morgan fingerprint density at radius 1 is 0.933 bits per heavy atom. The zero-order valence-corrected chi connectivity index (χ0v) is 16.9. The van der Waals surface area contributed by atoms with Crippen molar-refractivity contribution in [2.45, 2.75) is 13.8 Å². The monoisotopic (exact) mass is 528 g/mol. The smallest absolute Gasteiger partial charge is 0.545 e. The number of carbonyl (C=O) groups is 2. The molecular weight excluding hydrogens is 520 g/mol. The summed E-state index contributed by atoms with van der Waals surface area (Å²) in [5.74, 6) is -2.28. The first-order chi connectivity index (χ1) is 6.36. The molecule has 0 aliphatic carbocycles. The largest absolute Gasteiger partial charge is 2.00 e. The molecule has 0 N–H and O–H groups in total. The second-order valence-corrected chi connectivity index (χ2v) is 3.07. The average molecular weight is 529 g/mol. The Hall–Kier alpha value is 0.315. The molecule has 0 radical (unpaired) electrons. The number of hydrogen-bond donors (Lipinski definition) is 0. The quantitative estimate of drug-likeness (QED) is 0.376. The van der Waals surface area contributed by atoms with Crippen LogP contribution < -0.4 is 10.2 Å². The van der Waals surface area contributed by atoms with Crippen LogP contribution in [0.15, 0.2) is 21.1 Å². The second kappa shape index (κ2) is 12.4. The third kappa shape index (κ3) is 14.3. The number of hydrogen-bond acceptors (Lipinski definition) is 4. The number of carboxylic acid groups (broad SMARTS) is 2. The van der Waals surface area contributed by atoms with Crippen molar-refractivity contribution in [2.24, 2.45) is 0 Å². The van der Waals surface area contributed by atoms with E-state index in [9.17, 15) is 19.8 Å². The fourth-order valence-corrected chi connectivity index (χ4v) is 0.463. The van der Waals surface area contributed by atoms with Gasteiger partial charge in [0.2, 0.25) is 0 Å². The van der Waals surface area contributed by atoms with Gasteiger partial charge in [-0.1, -0.05) is 31.9 Å². The minimum Gasteiger partial charge on any atom is -0.545 e. The molecule has 0 aliphatic rings. The fraction of sp³-hybridized carbons (Fsp3) is 0.250. The summed E-state index contributed by atoms with van der Waals surface area (Å²) in [7, 11) is 0. The molecule has 15 heavy (non-hydrogen) atoms. The molecule has 0 amide bonds. The summed E-state index contributed by atoms with van der Waals surface area (Å²) in [5, 5.41) is 19.4. The predicted octanol–water partition coefficient (Wildman–Crippen LogP) is 0.0675. The topological polar surface area (TPSA) is 80.3 Å². The molecule has 0 saturated carbocycles. The van der Waals surface area contributed by atoms with Crippen LogP contribution in [-0.2, 0) is 37.3 Å². The van der Waals surface area contributed by atoms with Crippen LogP contribution in [0.3, 0.4) is 0 Å². The van der Waals surface area contributed by atoms with Crippen molar-refractivity contribution in [1.29, 1.82) is 0 Å². The molecule has 4 nitrogen and oxygen atoms in total. The molecule has 0 aliphatic heterocycles. The maximum absolute atomic E-state index is 9.72. The molecule has 0 heterocycles. The Balaban J connectivity index is -0.000000180. The summed E-state index contributed by atoms with van der Waals surface area (Å²) in [6, 6.07) is 0. The standard InChI is InChI=1S/2C4H5BrO2.Hg/c2*1-3(2-5)4(6)7;/h2*2H,1H3,(H,6,7);/q;;+2/p-2/b2*3-2+;. The van der Waals surface area contributed by atoms with E-state index in [4.69, 9.17) is 0 Å². The van der Waals surface area contributed by atoms with Crippen LogP contribution in [0.25, 0.3) is 0 Å². The molecule has 0 fully saturated rings. The van der Waals surface area contributed by atoms with E-state index < -0.39 is 11.9 Å². The van der Waals surface area contributed by atoms with E-state index >= 15 is 0 Å². The van der Waals surface area contributed by atoms with Gasteiger partial charge in [0.1, 0.15) is 0 Å². The van der Waals surface area contributed by atoms with Crippen LogP contribution in [0.1, 0.15) is 13.8 Å². The van der Waals surface area contributed by atoms with Gasteiger partial charge in [0, 0.05) is 0 Å². The Morgan fingerprint density at radius 3 is 1.13 bits per heavy atom. The molecule has 0 spiro atoms. The minimum atomic E-state index is -1.14. The molecule has 0 saturated heterocycles. The van der Waals surface area contributed by atoms with Crippen molar-refractivity contribution in [3.63, 3.8) is 0 Å². The van der Waals surface area contributed by atoms with E-state index in [1.54, 1.807) is 0 Å². The molecule has 7 heteroatoms. The average Bonchev–Trinajstić information content (AvgIpc) is 2.15. The van der Waals surface area contributed by atoms with Gasteiger partial charge >= 0.3 is 27.7 Å². The van der Waals surface area contributed by atoms with Crippen molar-refractivity contribution in [1.82, 2.24) is 0 Å². The zero-order chi connectivity index (χ0) is 11.7. The fourth-order valence-electron chi connectivity index (χ4n) is 0.0891.